The molecule has 0 heterocycles. The van der Waals surface area contributed by atoms with Crippen molar-refractivity contribution in [2.45, 2.75) is 71.3 Å². The van der Waals surface area contributed by atoms with Gasteiger partial charge in [0.2, 0.25) is 0 Å². The van der Waals surface area contributed by atoms with Gasteiger partial charge < -0.3 is 15.2 Å². The van der Waals surface area contributed by atoms with E-state index in [0.717, 1.165) is 19.6 Å². The van der Waals surface area contributed by atoms with E-state index in [1.807, 2.05) is 0 Å². The molecule has 0 saturated carbocycles. The summed E-state index contributed by atoms with van der Waals surface area (Å²) in [6.45, 7) is 7.30. The number of rotatable bonds is 14. The van der Waals surface area contributed by atoms with Crippen LogP contribution in [0.2, 0.25) is 0 Å². The summed E-state index contributed by atoms with van der Waals surface area (Å²) < 4.78 is 5.47. The standard InChI is InChI=1S/C15H33NO2/c1-3-5-7-8-9-10-12-18-14-15(17)13-16-11-6-4-2/h15-17H,3-14H2,1-2H3. The SMILES string of the molecule is CCCCCCCCOCC(O)CNCCCC. The smallest absolute Gasteiger partial charge is 0.0897 e. The highest BCUT2D eigenvalue weighted by Gasteiger charge is 2.02. The molecule has 0 fully saturated rings. The van der Waals surface area contributed by atoms with Crippen LogP contribution in [0, 0.1) is 0 Å². The molecular weight excluding hydrogens is 226 g/mol. The molecule has 0 radical (unpaired) electrons. The highest BCUT2D eigenvalue weighted by molar-refractivity contribution is 4.58. The fraction of sp³-hybridized carbons (Fsp3) is 1.00. The molecule has 0 bridgehead atoms. The van der Waals surface area contributed by atoms with E-state index in [9.17, 15) is 5.11 Å². The molecule has 3 nitrogen and oxygen atoms in total. The molecule has 0 aliphatic rings. The lowest BCUT2D eigenvalue weighted by atomic mass is 10.1. The molecule has 18 heavy (non-hydrogen) atoms. The van der Waals surface area contributed by atoms with Gasteiger partial charge in [-0.2, -0.15) is 0 Å². The van der Waals surface area contributed by atoms with Crippen molar-refractivity contribution in [2.24, 2.45) is 0 Å². The zero-order chi connectivity index (χ0) is 13.5. The van der Waals surface area contributed by atoms with Crippen molar-refractivity contribution in [3.8, 4) is 0 Å². The van der Waals surface area contributed by atoms with Crippen LogP contribution in [0.4, 0.5) is 0 Å². The molecule has 1 atom stereocenters. The summed E-state index contributed by atoms with van der Waals surface area (Å²) in [4.78, 5) is 0. The Morgan fingerprint density at radius 1 is 0.944 bits per heavy atom. The molecule has 0 aromatic heterocycles. The Labute approximate surface area is 113 Å². The molecule has 0 aromatic rings. The summed E-state index contributed by atoms with van der Waals surface area (Å²) in [7, 11) is 0. The van der Waals surface area contributed by atoms with Gasteiger partial charge in [-0.3, -0.25) is 0 Å². The first-order chi connectivity index (χ1) is 8.81. The van der Waals surface area contributed by atoms with Gasteiger partial charge in [-0.1, -0.05) is 52.4 Å². The predicted molar refractivity (Wildman–Crippen MR) is 78.0 cm³/mol. The average molecular weight is 259 g/mol. The molecule has 0 aromatic carbocycles. The van der Waals surface area contributed by atoms with Gasteiger partial charge in [-0.05, 0) is 19.4 Å². The minimum absolute atomic E-state index is 0.359. The number of unbranched alkanes of at least 4 members (excludes halogenated alkanes) is 6. The summed E-state index contributed by atoms with van der Waals surface area (Å²) in [5.74, 6) is 0. The van der Waals surface area contributed by atoms with E-state index in [0.29, 0.717) is 13.2 Å². The molecule has 0 amide bonds. The predicted octanol–water partition coefficient (Wildman–Crippen LogP) is 3.11. The van der Waals surface area contributed by atoms with Crippen molar-refractivity contribution >= 4 is 0 Å². The third-order valence-electron chi connectivity index (χ3n) is 3.04. The van der Waals surface area contributed by atoms with Crippen LogP contribution >= 0.6 is 0 Å². The molecular formula is C15H33NO2. The summed E-state index contributed by atoms with van der Waals surface area (Å²) in [6.07, 6.45) is 9.70. The van der Waals surface area contributed by atoms with Crippen LogP contribution < -0.4 is 5.32 Å². The van der Waals surface area contributed by atoms with E-state index in [2.05, 4.69) is 19.2 Å². The van der Waals surface area contributed by atoms with Crippen LogP contribution in [0.3, 0.4) is 0 Å². The largest absolute Gasteiger partial charge is 0.389 e. The lowest BCUT2D eigenvalue weighted by Gasteiger charge is -2.12. The van der Waals surface area contributed by atoms with Gasteiger partial charge in [0, 0.05) is 13.2 Å². The second-order valence-corrected chi connectivity index (χ2v) is 5.05. The third kappa shape index (κ3) is 13.9. The van der Waals surface area contributed by atoms with Crippen molar-refractivity contribution < 1.29 is 9.84 Å². The minimum atomic E-state index is -0.359. The van der Waals surface area contributed by atoms with E-state index in [4.69, 9.17) is 4.74 Å². The topological polar surface area (TPSA) is 41.5 Å². The van der Waals surface area contributed by atoms with Crippen LogP contribution in [-0.2, 0) is 4.74 Å². The van der Waals surface area contributed by atoms with Gasteiger partial charge in [0.25, 0.3) is 0 Å². The Kier molecular flexibility index (Phi) is 14.8. The third-order valence-corrected chi connectivity index (χ3v) is 3.04. The molecule has 1 unspecified atom stereocenters. The molecule has 3 heteroatoms. The first kappa shape index (κ1) is 17.9. The molecule has 0 aliphatic heterocycles. The maximum absolute atomic E-state index is 9.63. The lowest BCUT2D eigenvalue weighted by molar-refractivity contribution is 0.0355. The van der Waals surface area contributed by atoms with Gasteiger partial charge >= 0.3 is 0 Å². The van der Waals surface area contributed by atoms with Crippen LogP contribution in [0.15, 0.2) is 0 Å². The van der Waals surface area contributed by atoms with Gasteiger partial charge in [-0.15, -0.1) is 0 Å². The second kappa shape index (κ2) is 14.9. The van der Waals surface area contributed by atoms with Gasteiger partial charge in [-0.25, -0.2) is 0 Å². The Balaban J connectivity index is 3.08. The number of hydrogen-bond acceptors (Lipinski definition) is 3. The van der Waals surface area contributed by atoms with Gasteiger partial charge in [0.1, 0.15) is 0 Å². The zero-order valence-corrected chi connectivity index (χ0v) is 12.4. The summed E-state index contributed by atoms with van der Waals surface area (Å²) in [6, 6.07) is 0. The van der Waals surface area contributed by atoms with E-state index in [1.54, 1.807) is 0 Å². The van der Waals surface area contributed by atoms with Crippen molar-refractivity contribution in [3.05, 3.63) is 0 Å². The first-order valence-corrected chi connectivity index (χ1v) is 7.77. The van der Waals surface area contributed by atoms with E-state index in [1.165, 1.54) is 44.9 Å². The normalized spacial score (nSPS) is 12.8. The molecule has 110 valence electrons. The van der Waals surface area contributed by atoms with E-state index >= 15 is 0 Å². The monoisotopic (exact) mass is 259 g/mol. The van der Waals surface area contributed by atoms with E-state index < -0.39 is 0 Å². The molecule has 0 spiro atoms. The maximum Gasteiger partial charge on any atom is 0.0897 e. The molecule has 2 N–H and O–H groups in total. The lowest BCUT2D eigenvalue weighted by Crippen LogP contribution is -2.31. The number of ether oxygens (including phenoxy) is 1. The highest BCUT2D eigenvalue weighted by atomic mass is 16.5. The summed E-state index contributed by atoms with van der Waals surface area (Å²) in [5, 5.41) is 12.9. The molecule has 0 saturated heterocycles. The van der Waals surface area contributed by atoms with Gasteiger partial charge in [0.05, 0.1) is 12.7 Å². The van der Waals surface area contributed by atoms with E-state index in [-0.39, 0.29) is 6.10 Å². The number of aliphatic hydroxyl groups excluding tert-OH is 1. The summed E-state index contributed by atoms with van der Waals surface area (Å²) in [5.41, 5.74) is 0. The molecule has 0 rings (SSSR count). The van der Waals surface area contributed by atoms with Crippen molar-refractivity contribution in [2.75, 3.05) is 26.3 Å². The van der Waals surface area contributed by atoms with Crippen molar-refractivity contribution in [1.82, 2.24) is 5.32 Å². The minimum Gasteiger partial charge on any atom is -0.389 e. The fourth-order valence-electron chi connectivity index (χ4n) is 1.83. The fourth-order valence-corrected chi connectivity index (χ4v) is 1.83. The number of hydrogen-bond donors (Lipinski definition) is 2. The zero-order valence-electron chi connectivity index (χ0n) is 12.4. The van der Waals surface area contributed by atoms with Crippen LogP contribution in [0.25, 0.3) is 0 Å². The Morgan fingerprint density at radius 3 is 2.33 bits per heavy atom. The Hall–Kier alpha value is -0.120. The Bertz CT molecular complexity index is 153. The van der Waals surface area contributed by atoms with Crippen LogP contribution in [-0.4, -0.2) is 37.5 Å². The number of aliphatic hydroxyl groups is 1. The highest BCUT2D eigenvalue weighted by Crippen LogP contribution is 2.04. The maximum atomic E-state index is 9.63. The first-order valence-electron chi connectivity index (χ1n) is 7.77. The second-order valence-electron chi connectivity index (χ2n) is 5.05. The van der Waals surface area contributed by atoms with Crippen molar-refractivity contribution in [3.63, 3.8) is 0 Å². The van der Waals surface area contributed by atoms with Crippen LogP contribution in [0.5, 0.6) is 0 Å². The summed E-state index contributed by atoms with van der Waals surface area (Å²) >= 11 is 0. The van der Waals surface area contributed by atoms with Crippen LogP contribution in [0.1, 0.15) is 65.2 Å². The average Bonchev–Trinajstić information content (AvgIpc) is 2.38. The molecule has 0 aliphatic carbocycles. The number of nitrogens with one attached hydrogen (secondary N) is 1. The Morgan fingerprint density at radius 2 is 1.61 bits per heavy atom. The van der Waals surface area contributed by atoms with Crippen molar-refractivity contribution in [1.29, 1.82) is 0 Å². The quantitative estimate of drug-likeness (QED) is 0.471. The van der Waals surface area contributed by atoms with Gasteiger partial charge in [0.15, 0.2) is 0 Å².